The van der Waals surface area contributed by atoms with Gasteiger partial charge in [-0.1, -0.05) is 32.9 Å². The molecule has 2 aromatic rings. The Labute approximate surface area is 123 Å². The van der Waals surface area contributed by atoms with Gasteiger partial charge in [0.05, 0.1) is 0 Å². The van der Waals surface area contributed by atoms with Crippen LogP contribution in [-0.2, 0) is 5.41 Å². The van der Waals surface area contributed by atoms with Gasteiger partial charge in [0.2, 0.25) is 0 Å². The molecule has 1 heterocycles. The van der Waals surface area contributed by atoms with Crippen molar-refractivity contribution in [2.75, 3.05) is 11.5 Å². The monoisotopic (exact) mass is 285 g/mol. The fourth-order valence-corrected chi connectivity index (χ4v) is 1.91. The summed E-state index contributed by atoms with van der Waals surface area (Å²) >= 11 is 0. The van der Waals surface area contributed by atoms with Crippen molar-refractivity contribution in [1.82, 2.24) is 4.98 Å². The number of pyridine rings is 1. The van der Waals surface area contributed by atoms with Gasteiger partial charge < -0.3 is 16.6 Å². The first-order chi connectivity index (χ1) is 9.79. The second-order valence-electron chi connectivity index (χ2n) is 5.76. The number of hydrogen-bond donors (Lipinski definition) is 3. The van der Waals surface area contributed by atoms with E-state index in [0.717, 1.165) is 5.56 Å². The molecule has 0 fully saturated rings. The molecular weight excluding hydrogens is 266 g/mol. The topological polar surface area (TPSA) is 110 Å². The van der Waals surface area contributed by atoms with Gasteiger partial charge >= 0.3 is 0 Å². The Kier molecular flexibility index (Phi) is 3.80. The van der Waals surface area contributed by atoms with E-state index in [1.165, 1.54) is 0 Å². The van der Waals surface area contributed by atoms with Crippen molar-refractivity contribution < 1.29 is 5.11 Å². The molecule has 2 rings (SSSR count). The zero-order valence-corrected chi connectivity index (χ0v) is 12.3. The van der Waals surface area contributed by atoms with Crippen LogP contribution in [0, 0.1) is 0 Å². The second kappa shape index (κ2) is 5.40. The quantitative estimate of drug-likeness (QED) is 0.731. The van der Waals surface area contributed by atoms with Crippen LogP contribution in [0.4, 0.5) is 23.0 Å². The molecule has 0 amide bonds. The molecule has 0 spiro atoms. The van der Waals surface area contributed by atoms with Crippen molar-refractivity contribution in [3.63, 3.8) is 0 Å². The zero-order valence-electron chi connectivity index (χ0n) is 12.3. The molecule has 0 aliphatic rings. The molecule has 6 nitrogen and oxygen atoms in total. The van der Waals surface area contributed by atoms with Crippen LogP contribution in [-0.4, -0.2) is 10.1 Å². The van der Waals surface area contributed by atoms with Crippen LogP contribution in [0.25, 0.3) is 0 Å². The number of phenolic OH excluding ortho intramolecular Hbond substituents is 1. The summed E-state index contributed by atoms with van der Waals surface area (Å²) in [5, 5.41) is 18.2. The maximum atomic E-state index is 10.0. The molecule has 0 atom stereocenters. The van der Waals surface area contributed by atoms with Gasteiger partial charge in [-0.2, -0.15) is 0 Å². The van der Waals surface area contributed by atoms with E-state index in [-0.39, 0.29) is 17.0 Å². The van der Waals surface area contributed by atoms with E-state index in [2.05, 4.69) is 15.2 Å². The molecule has 0 radical (unpaired) electrons. The van der Waals surface area contributed by atoms with Crippen LogP contribution in [0.5, 0.6) is 5.75 Å². The lowest BCUT2D eigenvalue weighted by Crippen LogP contribution is -2.11. The highest BCUT2D eigenvalue weighted by Gasteiger charge is 2.20. The smallest absolute Gasteiger partial charge is 0.153 e. The third-order valence-electron chi connectivity index (χ3n) is 3.00. The summed E-state index contributed by atoms with van der Waals surface area (Å²) in [7, 11) is 0. The molecule has 0 unspecified atom stereocenters. The highest BCUT2D eigenvalue weighted by molar-refractivity contribution is 5.62. The minimum Gasteiger partial charge on any atom is -0.506 e. The van der Waals surface area contributed by atoms with E-state index in [4.69, 9.17) is 11.5 Å². The van der Waals surface area contributed by atoms with Gasteiger partial charge in [-0.15, -0.1) is 10.2 Å². The van der Waals surface area contributed by atoms with Gasteiger partial charge in [-0.3, -0.25) is 0 Å². The summed E-state index contributed by atoms with van der Waals surface area (Å²) in [6.45, 7) is 6.12. The fraction of sp³-hybridized carbons (Fsp3) is 0.267. The average Bonchev–Trinajstić information content (AvgIpc) is 2.37. The van der Waals surface area contributed by atoms with Gasteiger partial charge in [0.1, 0.15) is 22.9 Å². The molecule has 110 valence electrons. The van der Waals surface area contributed by atoms with Crippen LogP contribution in [0.15, 0.2) is 40.6 Å². The van der Waals surface area contributed by atoms with Crippen molar-refractivity contribution in [2.24, 2.45) is 10.2 Å². The van der Waals surface area contributed by atoms with Crippen molar-refractivity contribution in [3.05, 3.63) is 35.9 Å². The number of phenols is 1. The highest BCUT2D eigenvalue weighted by Crippen LogP contribution is 2.39. The van der Waals surface area contributed by atoms with Crippen LogP contribution >= 0.6 is 0 Å². The predicted octanol–water partition coefficient (Wildman–Crippen LogP) is 3.66. The first-order valence-corrected chi connectivity index (χ1v) is 6.55. The molecule has 5 N–H and O–H groups in total. The van der Waals surface area contributed by atoms with Gasteiger partial charge in [-0.25, -0.2) is 4.98 Å². The lowest BCUT2D eigenvalue weighted by atomic mass is 9.86. The van der Waals surface area contributed by atoms with E-state index in [0.29, 0.717) is 17.2 Å². The predicted molar refractivity (Wildman–Crippen MR) is 84.0 cm³/mol. The number of anilines is 2. The summed E-state index contributed by atoms with van der Waals surface area (Å²) in [6, 6.07) is 8.51. The molecular formula is C15H19N5O. The zero-order chi connectivity index (χ0) is 15.6. The normalized spacial score (nSPS) is 12.0. The maximum Gasteiger partial charge on any atom is 0.153 e. The molecule has 0 aliphatic carbocycles. The second-order valence-corrected chi connectivity index (χ2v) is 5.76. The number of nitrogen functional groups attached to an aromatic ring is 2. The maximum absolute atomic E-state index is 10.0. The number of nitrogens with zero attached hydrogens (tertiary/aromatic N) is 3. The number of aromatic nitrogens is 1. The number of benzene rings is 1. The summed E-state index contributed by atoms with van der Waals surface area (Å²) < 4.78 is 0. The molecule has 1 aromatic heterocycles. The minimum absolute atomic E-state index is 0.0770. The lowest BCUT2D eigenvalue weighted by Gasteiger charge is -2.21. The van der Waals surface area contributed by atoms with Gasteiger partial charge in [-0.05, 0) is 29.2 Å². The van der Waals surface area contributed by atoms with Crippen molar-refractivity contribution >= 4 is 23.0 Å². The third kappa shape index (κ3) is 3.28. The first-order valence-electron chi connectivity index (χ1n) is 6.55. The number of hydrogen-bond acceptors (Lipinski definition) is 6. The van der Waals surface area contributed by atoms with E-state index >= 15 is 0 Å². The van der Waals surface area contributed by atoms with E-state index in [1.807, 2.05) is 26.8 Å². The van der Waals surface area contributed by atoms with Crippen LogP contribution < -0.4 is 11.5 Å². The number of azo groups is 1. The van der Waals surface area contributed by atoms with E-state index in [9.17, 15) is 5.11 Å². The Morgan fingerprint density at radius 3 is 2.38 bits per heavy atom. The molecule has 1 aromatic carbocycles. The van der Waals surface area contributed by atoms with Crippen LogP contribution in [0.2, 0.25) is 0 Å². The first kappa shape index (κ1) is 14.8. The van der Waals surface area contributed by atoms with Crippen LogP contribution in [0.1, 0.15) is 26.3 Å². The number of nitrogens with two attached hydrogens (primary N) is 2. The highest BCUT2D eigenvalue weighted by atomic mass is 16.3. The molecule has 6 heteroatoms. The molecule has 0 saturated heterocycles. The molecule has 0 saturated carbocycles. The Morgan fingerprint density at radius 2 is 1.76 bits per heavy atom. The lowest BCUT2D eigenvalue weighted by molar-refractivity contribution is 0.472. The van der Waals surface area contributed by atoms with Crippen molar-refractivity contribution in [2.45, 2.75) is 26.2 Å². The van der Waals surface area contributed by atoms with Crippen LogP contribution in [0.3, 0.4) is 0 Å². The van der Waals surface area contributed by atoms with E-state index in [1.54, 1.807) is 24.3 Å². The van der Waals surface area contributed by atoms with E-state index < -0.39 is 0 Å². The number of aromatic hydroxyl groups is 1. The minimum atomic E-state index is -0.169. The summed E-state index contributed by atoms with van der Waals surface area (Å²) in [5.41, 5.74) is 12.8. The van der Waals surface area contributed by atoms with Crippen molar-refractivity contribution in [1.29, 1.82) is 0 Å². The molecule has 21 heavy (non-hydrogen) atoms. The van der Waals surface area contributed by atoms with Crippen molar-refractivity contribution in [3.8, 4) is 5.75 Å². The SMILES string of the molecule is CC(C)(C)c1cccc(O)c1N=Nc1ccc(N)nc1N. The summed E-state index contributed by atoms with van der Waals surface area (Å²) in [5.74, 6) is 0.601. The number of rotatable bonds is 2. The Morgan fingerprint density at radius 1 is 1.05 bits per heavy atom. The molecule has 0 aliphatic heterocycles. The summed E-state index contributed by atoms with van der Waals surface area (Å²) in [6.07, 6.45) is 0. The summed E-state index contributed by atoms with van der Waals surface area (Å²) in [4.78, 5) is 3.92. The van der Waals surface area contributed by atoms with Gasteiger partial charge in [0, 0.05) is 0 Å². The Bertz CT molecular complexity index is 689. The fourth-order valence-electron chi connectivity index (χ4n) is 1.91. The van der Waals surface area contributed by atoms with Gasteiger partial charge in [0.25, 0.3) is 0 Å². The standard InChI is InChI=1S/C15H19N5O/c1-15(2,3)9-5-4-6-11(21)13(9)20-19-10-7-8-12(16)18-14(10)17/h4-8,21H,1-3H3,(H4,16,17,18). The Hall–Kier alpha value is -2.63. The molecule has 0 bridgehead atoms. The average molecular weight is 285 g/mol. The Balaban J connectivity index is 2.46. The van der Waals surface area contributed by atoms with Gasteiger partial charge in [0.15, 0.2) is 5.82 Å². The third-order valence-corrected chi connectivity index (χ3v) is 3.00. The largest absolute Gasteiger partial charge is 0.506 e.